The highest BCUT2D eigenvalue weighted by Crippen LogP contribution is 2.40. The van der Waals surface area contributed by atoms with Crippen molar-refractivity contribution in [3.63, 3.8) is 0 Å². The average molecular weight is 321 g/mol. The summed E-state index contributed by atoms with van der Waals surface area (Å²) >= 11 is 3.29. The molecule has 0 amide bonds. The molecule has 0 unspecified atom stereocenters. The molecule has 0 radical (unpaired) electrons. The largest absolute Gasteiger partial charge is 0.462 e. The van der Waals surface area contributed by atoms with Crippen LogP contribution in [0.2, 0.25) is 0 Å². The smallest absolute Gasteiger partial charge is 0.350 e. The summed E-state index contributed by atoms with van der Waals surface area (Å²) in [5.74, 6) is -0.315. The highest BCUT2D eigenvalue weighted by atomic mass is 32.1. The lowest BCUT2D eigenvalue weighted by molar-refractivity contribution is 0.0533. The summed E-state index contributed by atoms with van der Waals surface area (Å²) in [4.78, 5) is 16.2. The van der Waals surface area contributed by atoms with Crippen LogP contribution in [0.25, 0.3) is 9.75 Å². The van der Waals surface area contributed by atoms with Crippen molar-refractivity contribution in [3.05, 3.63) is 27.5 Å². The van der Waals surface area contributed by atoms with Crippen molar-refractivity contribution in [2.75, 3.05) is 12.3 Å². The van der Waals surface area contributed by atoms with E-state index in [-0.39, 0.29) is 5.97 Å². The Morgan fingerprint density at radius 3 is 2.76 bits per heavy atom. The normalized spacial score (nSPS) is 14.5. The van der Waals surface area contributed by atoms with Crippen LogP contribution in [0.5, 0.6) is 0 Å². The molecule has 0 saturated heterocycles. The molecule has 0 fully saturated rings. The molecule has 112 valence electrons. The first kappa shape index (κ1) is 14.6. The van der Waals surface area contributed by atoms with E-state index in [1.165, 1.54) is 58.8 Å². The molecular weight excluding hydrogens is 302 g/mol. The molecule has 5 heteroatoms. The Bertz CT molecular complexity index is 634. The minimum absolute atomic E-state index is 0.315. The van der Waals surface area contributed by atoms with Gasteiger partial charge >= 0.3 is 5.97 Å². The molecule has 2 aromatic heterocycles. The number of aryl methyl sites for hydroxylation is 2. The molecule has 2 N–H and O–H groups in total. The third kappa shape index (κ3) is 2.99. The molecule has 0 aliphatic heterocycles. The Kier molecular flexibility index (Phi) is 4.31. The summed E-state index contributed by atoms with van der Waals surface area (Å²) in [7, 11) is 0. The molecule has 0 aromatic carbocycles. The molecule has 21 heavy (non-hydrogen) atoms. The van der Waals surface area contributed by atoms with E-state index in [2.05, 4.69) is 6.07 Å². The van der Waals surface area contributed by atoms with Gasteiger partial charge in [-0.1, -0.05) is 6.42 Å². The summed E-state index contributed by atoms with van der Waals surface area (Å²) in [6, 6.07) is 4.19. The number of hydrogen-bond donors (Lipinski definition) is 1. The fourth-order valence-corrected chi connectivity index (χ4v) is 4.97. The van der Waals surface area contributed by atoms with E-state index in [0.29, 0.717) is 17.2 Å². The summed E-state index contributed by atoms with van der Waals surface area (Å²) in [5.41, 5.74) is 7.98. The molecule has 1 aliphatic carbocycles. The number of fused-ring (bicyclic) bond motifs is 1. The predicted molar refractivity (Wildman–Crippen MR) is 89.3 cm³/mol. The van der Waals surface area contributed by atoms with Crippen molar-refractivity contribution in [3.8, 4) is 9.75 Å². The monoisotopic (exact) mass is 321 g/mol. The summed E-state index contributed by atoms with van der Waals surface area (Å²) in [6.07, 6.45) is 6.26. The number of carbonyl (C=O) groups is 1. The van der Waals surface area contributed by atoms with Crippen molar-refractivity contribution < 1.29 is 9.53 Å². The van der Waals surface area contributed by atoms with Gasteiger partial charge in [-0.3, -0.25) is 0 Å². The zero-order valence-electron chi connectivity index (χ0n) is 12.1. The van der Waals surface area contributed by atoms with Crippen LogP contribution in [0, 0.1) is 0 Å². The molecule has 0 spiro atoms. The van der Waals surface area contributed by atoms with Gasteiger partial charge in [0.05, 0.1) is 12.3 Å². The minimum Gasteiger partial charge on any atom is -0.462 e. The number of ether oxygens (including phenoxy) is 1. The van der Waals surface area contributed by atoms with Gasteiger partial charge in [-0.05, 0) is 50.3 Å². The Hall–Kier alpha value is -1.33. The van der Waals surface area contributed by atoms with Crippen LogP contribution in [0.3, 0.4) is 0 Å². The zero-order chi connectivity index (χ0) is 14.8. The van der Waals surface area contributed by atoms with E-state index < -0.39 is 0 Å². The molecule has 3 rings (SSSR count). The summed E-state index contributed by atoms with van der Waals surface area (Å²) in [6.45, 7) is 2.18. The number of carbonyl (C=O) groups excluding carboxylic acids is 1. The van der Waals surface area contributed by atoms with Gasteiger partial charge < -0.3 is 10.5 Å². The van der Waals surface area contributed by atoms with Crippen LogP contribution in [0.1, 0.15) is 46.3 Å². The highest BCUT2D eigenvalue weighted by Gasteiger charge is 2.19. The second-order valence-electron chi connectivity index (χ2n) is 5.24. The van der Waals surface area contributed by atoms with Crippen LogP contribution >= 0.6 is 22.7 Å². The van der Waals surface area contributed by atoms with Gasteiger partial charge in [0.1, 0.15) is 4.88 Å². The fourth-order valence-electron chi connectivity index (χ4n) is 2.67. The number of esters is 1. The van der Waals surface area contributed by atoms with Gasteiger partial charge in [-0.15, -0.1) is 22.7 Å². The Labute approximate surface area is 132 Å². The number of nitrogen functional groups attached to an aromatic ring is 1. The van der Waals surface area contributed by atoms with Crippen molar-refractivity contribution in [1.29, 1.82) is 0 Å². The van der Waals surface area contributed by atoms with E-state index in [0.717, 1.165) is 4.88 Å². The van der Waals surface area contributed by atoms with E-state index in [4.69, 9.17) is 10.5 Å². The third-order valence-electron chi connectivity index (χ3n) is 3.71. The number of nitrogens with two attached hydrogens (primary N) is 1. The van der Waals surface area contributed by atoms with Gasteiger partial charge in [0, 0.05) is 14.6 Å². The van der Waals surface area contributed by atoms with Gasteiger partial charge in [-0.2, -0.15) is 0 Å². The van der Waals surface area contributed by atoms with Crippen LogP contribution in [0.15, 0.2) is 12.1 Å². The maximum absolute atomic E-state index is 11.9. The molecule has 0 atom stereocenters. The SMILES string of the molecule is CCOC(=O)c1sc(-c2cc3c(s2)CCCCC3)cc1N. The van der Waals surface area contributed by atoms with Crippen molar-refractivity contribution in [1.82, 2.24) is 0 Å². The molecule has 2 heterocycles. The number of thiophene rings is 2. The standard InChI is InChI=1S/C16H19NO2S2/c1-2-19-16(18)15-11(17)9-14(21-15)13-8-10-6-4-3-5-7-12(10)20-13/h8-9H,2-7,17H2,1H3. The molecule has 1 aliphatic rings. The number of anilines is 1. The lowest BCUT2D eigenvalue weighted by atomic mass is 10.1. The maximum Gasteiger partial charge on any atom is 0.350 e. The number of hydrogen-bond acceptors (Lipinski definition) is 5. The molecule has 0 saturated carbocycles. The van der Waals surface area contributed by atoms with Crippen molar-refractivity contribution >= 4 is 34.3 Å². The van der Waals surface area contributed by atoms with E-state index in [1.807, 2.05) is 17.4 Å². The van der Waals surface area contributed by atoms with Crippen LogP contribution < -0.4 is 5.73 Å². The Balaban J connectivity index is 1.91. The van der Waals surface area contributed by atoms with Crippen LogP contribution in [-0.2, 0) is 17.6 Å². The molecule has 3 nitrogen and oxygen atoms in total. The highest BCUT2D eigenvalue weighted by molar-refractivity contribution is 7.23. The maximum atomic E-state index is 11.9. The third-order valence-corrected chi connectivity index (χ3v) is 6.27. The molecule has 2 aromatic rings. The first-order chi connectivity index (χ1) is 10.2. The summed E-state index contributed by atoms with van der Waals surface area (Å²) < 4.78 is 5.05. The van der Waals surface area contributed by atoms with Gasteiger partial charge in [-0.25, -0.2) is 4.79 Å². The second kappa shape index (κ2) is 6.20. The van der Waals surface area contributed by atoms with Gasteiger partial charge in [0.15, 0.2) is 0 Å². The Morgan fingerprint density at radius 2 is 1.95 bits per heavy atom. The lowest BCUT2D eigenvalue weighted by Crippen LogP contribution is -2.04. The van der Waals surface area contributed by atoms with Gasteiger partial charge in [0.25, 0.3) is 0 Å². The summed E-state index contributed by atoms with van der Waals surface area (Å²) in [5, 5.41) is 0. The van der Waals surface area contributed by atoms with Gasteiger partial charge in [0.2, 0.25) is 0 Å². The van der Waals surface area contributed by atoms with E-state index in [9.17, 15) is 4.79 Å². The predicted octanol–water partition coefficient (Wildman–Crippen LogP) is 4.50. The minimum atomic E-state index is -0.315. The van der Waals surface area contributed by atoms with Crippen molar-refractivity contribution in [2.24, 2.45) is 0 Å². The van der Waals surface area contributed by atoms with E-state index in [1.54, 1.807) is 6.92 Å². The molecule has 0 bridgehead atoms. The quantitative estimate of drug-likeness (QED) is 0.668. The molecular formula is C16H19NO2S2. The first-order valence-electron chi connectivity index (χ1n) is 7.37. The fraction of sp³-hybridized carbons (Fsp3) is 0.438. The lowest BCUT2D eigenvalue weighted by Gasteiger charge is -1.98. The van der Waals surface area contributed by atoms with Crippen molar-refractivity contribution in [2.45, 2.75) is 39.0 Å². The topological polar surface area (TPSA) is 52.3 Å². The van der Waals surface area contributed by atoms with Crippen LogP contribution in [0.4, 0.5) is 5.69 Å². The first-order valence-corrected chi connectivity index (χ1v) is 9.00. The zero-order valence-corrected chi connectivity index (χ0v) is 13.7. The number of rotatable bonds is 3. The second-order valence-corrected chi connectivity index (χ2v) is 7.42. The average Bonchev–Trinajstić information content (AvgIpc) is 2.97. The van der Waals surface area contributed by atoms with E-state index >= 15 is 0 Å². The van der Waals surface area contributed by atoms with Crippen LogP contribution in [-0.4, -0.2) is 12.6 Å². The Morgan fingerprint density at radius 1 is 1.19 bits per heavy atom.